The first-order valence-electron chi connectivity index (χ1n) is 9.96. The Kier molecular flexibility index (Phi) is 10.2. The van der Waals surface area contributed by atoms with E-state index in [0.717, 1.165) is 46.5 Å². The molecule has 0 saturated heterocycles. The van der Waals surface area contributed by atoms with Crippen molar-refractivity contribution in [1.82, 2.24) is 5.32 Å². The van der Waals surface area contributed by atoms with Crippen LogP contribution in [-0.4, -0.2) is 13.2 Å². The van der Waals surface area contributed by atoms with Gasteiger partial charge in [0.1, 0.15) is 6.61 Å². The summed E-state index contributed by atoms with van der Waals surface area (Å²) in [6, 6.07) is 25.3. The lowest BCUT2D eigenvalue weighted by atomic mass is 10.1. The van der Waals surface area contributed by atoms with Gasteiger partial charge in [0.05, 0.1) is 11.6 Å². The highest BCUT2D eigenvalue weighted by Gasteiger charge is 2.13. The maximum Gasteiger partial charge on any atom is 0.175 e. The molecule has 160 valence electrons. The molecule has 0 amide bonds. The standard InChI is InChI=1S/C25H28BrNO2.ClH/c1-19(13-14-20-9-5-3-6-10-20)27-17-22-15-23(26)25(24(16-22)28-2)29-18-21-11-7-4-8-12-21;/h3-12,15-16,19,27H,13-14,17-18H2,1-2H3;1H. The highest BCUT2D eigenvalue weighted by atomic mass is 79.9. The molecule has 3 aromatic carbocycles. The number of nitrogens with one attached hydrogen (secondary N) is 1. The summed E-state index contributed by atoms with van der Waals surface area (Å²) in [4.78, 5) is 0. The summed E-state index contributed by atoms with van der Waals surface area (Å²) in [6.45, 7) is 3.51. The van der Waals surface area contributed by atoms with Gasteiger partial charge in [0, 0.05) is 12.6 Å². The number of benzene rings is 3. The van der Waals surface area contributed by atoms with Crippen molar-refractivity contribution >= 4 is 28.3 Å². The van der Waals surface area contributed by atoms with E-state index in [9.17, 15) is 0 Å². The number of halogens is 2. The topological polar surface area (TPSA) is 30.5 Å². The van der Waals surface area contributed by atoms with Gasteiger partial charge in [0.25, 0.3) is 0 Å². The van der Waals surface area contributed by atoms with E-state index in [-0.39, 0.29) is 12.4 Å². The summed E-state index contributed by atoms with van der Waals surface area (Å²) < 4.78 is 12.5. The summed E-state index contributed by atoms with van der Waals surface area (Å²) in [6.07, 6.45) is 2.18. The fourth-order valence-corrected chi connectivity index (χ4v) is 3.77. The van der Waals surface area contributed by atoms with Crippen LogP contribution in [0.3, 0.4) is 0 Å². The largest absolute Gasteiger partial charge is 0.493 e. The number of aryl methyl sites for hydroxylation is 1. The van der Waals surface area contributed by atoms with Crippen molar-refractivity contribution in [3.05, 3.63) is 94.0 Å². The molecule has 0 fully saturated rings. The second-order valence-electron chi connectivity index (χ2n) is 7.19. The minimum atomic E-state index is 0. The van der Waals surface area contributed by atoms with E-state index in [1.165, 1.54) is 5.56 Å². The van der Waals surface area contributed by atoms with Crippen LogP contribution in [0, 0.1) is 0 Å². The fourth-order valence-electron chi connectivity index (χ4n) is 3.17. The Morgan fingerprint density at radius 3 is 2.17 bits per heavy atom. The molecule has 0 heterocycles. The van der Waals surface area contributed by atoms with Crippen molar-refractivity contribution in [3.63, 3.8) is 0 Å². The van der Waals surface area contributed by atoms with Crippen LogP contribution in [0.2, 0.25) is 0 Å². The third kappa shape index (κ3) is 7.35. The molecule has 1 unspecified atom stereocenters. The van der Waals surface area contributed by atoms with E-state index < -0.39 is 0 Å². The number of hydrogen-bond acceptors (Lipinski definition) is 3. The van der Waals surface area contributed by atoms with Gasteiger partial charge in [-0.3, -0.25) is 0 Å². The van der Waals surface area contributed by atoms with Crippen molar-refractivity contribution in [1.29, 1.82) is 0 Å². The maximum atomic E-state index is 6.02. The first-order chi connectivity index (χ1) is 14.2. The molecular formula is C25H29BrClNO2. The van der Waals surface area contributed by atoms with E-state index in [1.54, 1.807) is 7.11 Å². The van der Waals surface area contributed by atoms with Crippen LogP contribution < -0.4 is 14.8 Å². The van der Waals surface area contributed by atoms with E-state index in [1.807, 2.05) is 24.3 Å². The van der Waals surface area contributed by atoms with Crippen LogP contribution in [-0.2, 0) is 19.6 Å². The summed E-state index contributed by atoms with van der Waals surface area (Å²) in [5.74, 6) is 1.47. The van der Waals surface area contributed by atoms with Gasteiger partial charge < -0.3 is 14.8 Å². The molecule has 1 N–H and O–H groups in total. The van der Waals surface area contributed by atoms with Gasteiger partial charge >= 0.3 is 0 Å². The number of ether oxygens (including phenoxy) is 2. The van der Waals surface area contributed by atoms with Crippen molar-refractivity contribution < 1.29 is 9.47 Å². The summed E-state index contributed by atoms with van der Waals surface area (Å²) in [5.41, 5.74) is 3.66. The van der Waals surface area contributed by atoms with Gasteiger partial charge in [0.2, 0.25) is 0 Å². The van der Waals surface area contributed by atoms with Gasteiger partial charge in [-0.25, -0.2) is 0 Å². The molecule has 1 atom stereocenters. The Balaban J connectivity index is 0.00000320. The van der Waals surface area contributed by atoms with Crippen molar-refractivity contribution in [2.45, 2.75) is 39.0 Å². The first-order valence-corrected chi connectivity index (χ1v) is 10.8. The monoisotopic (exact) mass is 489 g/mol. The van der Waals surface area contributed by atoms with Crippen LogP contribution in [0.15, 0.2) is 77.3 Å². The SMILES string of the molecule is COc1cc(CNC(C)CCc2ccccc2)cc(Br)c1OCc1ccccc1.Cl. The van der Waals surface area contributed by atoms with E-state index in [4.69, 9.17) is 9.47 Å². The predicted octanol–water partition coefficient (Wildman–Crippen LogP) is 6.57. The van der Waals surface area contributed by atoms with Gasteiger partial charge in [-0.2, -0.15) is 0 Å². The third-order valence-electron chi connectivity index (χ3n) is 4.88. The molecule has 0 radical (unpaired) electrons. The molecule has 0 aliphatic rings. The highest BCUT2D eigenvalue weighted by molar-refractivity contribution is 9.10. The molecule has 0 bridgehead atoms. The molecular weight excluding hydrogens is 462 g/mol. The molecule has 0 aliphatic heterocycles. The Labute approximate surface area is 194 Å². The van der Waals surface area contributed by atoms with Crippen LogP contribution in [0.5, 0.6) is 11.5 Å². The quantitative estimate of drug-likeness (QED) is 0.349. The zero-order valence-corrected chi connectivity index (χ0v) is 19.8. The van der Waals surface area contributed by atoms with Gasteiger partial charge in [-0.05, 0) is 64.5 Å². The Morgan fingerprint density at radius 1 is 0.900 bits per heavy atom. The van der Waals surface area contributed by atoms with Gasteiger partial charge in [-0.15, -0.1) is 12.4 Å². The van der Waals surface area contributed by atoms with E-state index in [0.29, 0.717) is 12.6 Å². The molecule has 3 nitrogen and oxygen atoms in total. The minimum Gasteiger partial charge on any atom is -0.493 e. The summed E-state index contributed by atoms with van der Waals surface area (Å²) in [5, 5.41) is 3.61. The van der Waals surface area contributed by atoms with Gasteiger partial charge in [0.15, 0.2) is 11.5 Å². The minimum absolute atomic E-state index is 0. The predicted molar refractivity (Wildman–Crippen MR) is 130 cm³/mol. The van der Waals surface area contributed by atoms with Crippen molar-refractivity contribution in [2.75, 3.05) is 7.11 Å². The third-order valence-corrected chi connectivity index (χ3v) is 5.47. The molecule has 5 heteroatoms. The Morgan fingerprint density at radius 2 is 1.53 bits per heavy atom. The second kappa shape index (κ2) is 12.6. The Bertz CT molecular complexity index is 890. The average Bonchev–Trinajstić information content (AvgIpc) is 2.76. The Hall–Kier alpha value is -2.01. The van der Waals surface area contributed by atoms with Crippen LogP contribution in [0.25, 0.3) is 0 Å². The fraction of sp³-hybridized carbons (Fsp3) is 0.280. The van der Waals surface area contributed by atoms with Crippen LogP contribution >= 0.6 is 28.3 Å². The zero-order chi connectivity index (χ0) is 20.5. The molecule has 3 aromatic rings. The maximum absolute atomic E-state index is 6.02. The van der Waals surface area contributed by atoms with Crippen LogP contribution in [0.4, 0.5) is 0 Å². The van der Waals surface area contributed by atoms with E-state index in [2.05, 4.69) is 76.7 Å². The average molecular weight is 491 g/mol. The first kappa shape index (κ1) is 24.3. The lowest BCUT2D eigenvalue weighted by Crippen LogP contribution is -2.26. The summed E-state index contributed by atoms with van der Waals surface area (Å²) >= 11 is 3.65. The highest BCUT2D eigenvalue weighted by Crippen LogP contribution is 2.37. The van der Waals surface area contributed by atoms with Gasteiger partial charge in [-0.1, -0.05) is 60.7 Å². The zero-order valence-electron chi connectivity index (χ0n) is 17.4. The van der Waals surface area contributed by atoms with Crippen molar-refractivity contribution in [3.8, 4) is 11.5 Å². The second-order valence-corrected chi connectivity index (χ2v) is 8.04. The van der Waals surface area contributed by atoms with Crippen LogP contribution in [0.1, 0.15) is 30.0 Å². The van der Waals surface area contributed by atoms with Crippen molar-refractivity contribution in [2.24, 2.45) is 0 Å². The summed E-state index contributed by atoms with van der Waals surface area (Å²) in [7, 11) is 1.68. The molecule has 0 aliphatic carbocycles. The lowest BCUT2D eigenvalue weighted by Gasteiger charge is -2.17. The lowest BCUT2D eigenvalue weighted by molar-refractivity contribution is 0.282. The smallest absolute Gasteiger partial charge is 0.175 e. The number of rotatable bonds is 10. The van der Waals surface area contributed by atoms with E-state index >= 15 is 0 Å². The molecule has 0 saturated carbocycles. The number of hydrogen-bond donors (Lipinski definition) is 1. The normalized spacial score (nSPS) is 11.4. The molecule has 0 spiro atoms. The number of methoxy groups -OCH3 is 1. The molecule has 0 aromatic heterocycles. The molecule has 3 rings (SSSR count). The molecule has 30 heavy (non-hydrogen) atoms.